The zero-order valence-electron chi connectivity index (χ0n) is 18.7. The molecule has 0 spiro atoms. The highest BCUT2D eigenvalue weighted by molar-refractivity contribution is 5.76. The minimum atomic E-state index is -0.392. The molecular weight excluding hydrogens is 427 g/mol. The van der Waals surface area contributed by atoms with Gasteiger partial charge in [-0.2, -0.15) is 0 Å². The Hall–Kier alpha value is -3.53. The van der Waals surface area contributed by atoms with E-state index in [-0.39, 0.29) is 30.9 Å². The number of benzene rings is 1. The Morgan fingerprint density at radius 2 is 2.06 bits per heavy atom. The standard InChI is InChI=1S/C23H27FN6O3/c1-15-18(22(32)28-23(27-15)29-9-11-33-12-10-29)4-6-21(31)26-14-17-3-5-20(19(24)13-17)30-8-7-25-16(30)2/h3,5,7-8,13H,4,6,9-12,14H2,1-2H3,(H,26,31)(H,27,28,32). The normalized spacial score (nSPS) is 13.8. The first-order chi connectivity index (χ1) is 15.9. The molecule has 0 aliphatic carbocycles. The molecule has 1 aliphatic rings. The van der Waals surface area contributed by atoms with Gasteiger partial charge in [0.1, 0.15) is 11.6 Å². The number of imidazole rings is 1. The van der Waals surface area contributed by atoms with Crippen LogP contribution in [-0.4, -0.2) is 51.7 Å². The maximum Gasteiger partial charge on any atom is 0.255 e. The van der Waals surface area contributed by atoms with Gasteiger partial charge in [0.15, 0.2) is 0 Å². The number of amides is 1. The summed E-state index contributed by atoms with van der Waals surface area (Å²) < 4.78 is 21.5. The van der Waals surface area contributed by atoms with E-state index in [1.54, 1.807) is 42.9 Å². The van der Waals surface area contributed by atoms with E-state index in [2.05, 4.69) is 20.3 Å². The zero-order valence-corrected chi connectivity index (χ0v) is 18.7. The molecular formula is C23H27FN6O3. The molecule has 4 rings (SSSR count). The van der Waals surface area contributed by atoms with Crippen molar-refractivity contribution in [2.24, 2.45) is 0 Å². The van der Waals surface area contributed by atoms with Crippen molar-refractivity contribution >= 4 is 11.9 Å². The number of morpholine rings is 1. The van der Waals surface area contributed by atoms with Gasteiger partial charge in [-0.25, -0.2) is 14.4 Å². The van der Waals surface area contributed by atoms with Crippen molar-refractivity contribution in [1.29, 1.82) is 0 Å². The fourth-order valence-electron chi connectivity index (χ4n) is 3.83. The summed E-state index contributed by atoms with van der Waals surface area (Å²) in [6.45, 7) is 6.32. The van der Waals surface area contributed by atoms with Gasteiger partial charge in [-0.3, -0.25) is 14.6 Å². The summed E-state index contributed by atoms with van der Waals surface area (Å²) in [5, 5.41) is 2.78. The Morgan fingerprint density at radius 3 is 2.73 bits per heavy atom. The highest BCUT2D eigenvalue weighted by Crippen LogP contribution is 2.17. The lowest BCUT2D eigenvalue weighted by atomic mass is 10.1. The minimum absolute atomic E-state index is 0.136. The molecule has 0 saturated carbocycles. The van der Waals surface area contributed by atoms with Gasteiger partial charge >= 0.3 is 0 Å². The van der Waals surface area contributed by atoms with Crippen molar-refractivity contribution < 1.29 is 13.9 Å². The van der Waals surface area contributed by atoms with Gasteiger partial charge in [-0.05, 0) is 38.0 Å². The van der Waals surface area contributed by atoms with Crippen molar-refractivity contribution in [3.63, 3.8) is 0 Å². The lowest BCUT2D eigenvalue weighted by Gasteiger charge is -2.27. The van der Waals surface area contributed by atoms with Gasteiger partial charge in [0.25, 0.3) is 5.56 Å². The van der Waals surface area contributed by atoms with Crippen molar-refractivity contribution in [1.82, 2.24) is 24.8 Å². The molecule has 9 nitrogen and oxygen atoms in total. The lowest BCUT2D eigenvalue weighted by Crippen LogP contribution is -2.38. The van der Waals surface area contributed by atoms with Crippen LogP contribution in [0.2, 0.25) is 0 Å². The molecule has 0 unspecified atom stereocenters. The molecule has 2 aromatic heterocycles. The van der Waals surface area contributed by atoms with E-state index in [1.165, 1.54) is 6.07 Å². The summed E-state index contributed by atoms with van der Waals surface area (Å²) in [7, 11) is 0. The maximum atomic E-state index is 14.5. The maximum absolute atomic E-state index is 14.5. The molecule has 33 heavy (non-hydrogen) atoms. The Labute approximate surface area is 190 Å². The second-order valence-electron chi connectivity index (χ2n) is 7.96. The largest absolute Gasteiger partial charge is 0.378 e. The van der Waals surface area contributed by atoms with E-state index in [0.29, 0.717) is 60.6 Å². The smallest absolute Gasteiger partial charge is 0.255 e. The highest BCUT2D eigenvalue weighted by atomic mass is 19.1. The van der Waals surface area contributed by atoms with E-state index in [4.69, 9.17) is 4.74 Å². The third-order valence-electron chi connectivity index (χ3n) is 5.71. The zero-order chi connectivity index (χ0) is 23.4. The summed E-state index contributed by atoms with van der Waals surface area (Å²) in [6.07, 6.45) is 3.72. The van der Waals surface area contributed by atoms with E-state index in [0.717, 1.165) is 0 Å². The van der Waals surface area contributed by atoms with Crippen LogP contribution in [0.1, 0.15) is 29.1 Å². The predicted molar refractivity (Wildman–Crippen MR) is 121 cm³/mol. The molecule has 10 heteroatoms. The van der Waals surface area contributed by atoms with Crippen molar-refractivity contribution in [3.8, 4) is 5.69 Å². The summed E-state index contributed by atoms with van der Waals surface area (Å²) in [5.41, 5.74) is 1.92. The number of carbonyl (C=O) groups is 1. The average Bonchev–Trinajstić information content (AvgIpc) is 3.23. The van der Waals surface area contributed by atoms with Crippen molar-refractivity contribution in [2.75, 3.05) is 31.2 Å². The van der Waals surface area contributed by atoms with E-state index >= 15 is 0 Å². The van der Waals surface area contributed by atoms with Crippen LogP contribution < -0.4 is 15.8 Å². The number of ether oxygens (including phenoxy) is 1. The molecule has 3 heterocycles. The van der Waals surface area contributed by atoms with E-state index < -0.39 is 5.82 Å². The van der Waals surface area contributed by atoms with Gasteiger partial charge in [0.05, 0.1) is 18.9 Å². The molecule has 2 N–H and O–H groups in total. The lowest BCUT2D eigenvalue weighted by molar-refractivity contribution is -0.121. The highest BCUT2D eigenvalue weighted by Gasteiger charge is 2.17. The Bertz CT molecular complexity index is 1200. The molecule has 0 bridgehead atoms. The Kier molecular flexibility index (Phi) is 6.83. The van der Waals surface area contributed by atoms with Gasteiger partial charge in [-0.15, -0.1) is 0 Å². The van der Waals surface area contributed by atoms with E-state index in [9.17, 15) is 14.0 Å². The molecule has 0 radical (unpaired) electrons. The molecule has 0 atom stereocenters. The fraction of sp³-hybridized carbons (Fsp3) is 0.391. The fourth-order valence-corrected chi connectivity index (χ4v) is 3.83. The number of aromatic amines is 1. The van der Waals surface area contributed by atoms with Crippen LogP contribution in [0.3, 0.4) is 0 Å². The minimum Gasteiger partial charge on any atom is -0.378 e. The first-order valence-corrected chi connectivity index (χ1v) is 10.9. The van der Waals surface area contributed by atoms with Gasteiger partial charge in [0.2, 0.25) is 11.9 Å². The summed E-state index contributed by atoms with van der Waals surface area (Å²) >= 11 is 0. The molecule has 1 saturated heterocycles. The number of nitrogens with zero attached hydrogens (tertiary/aromatic N) is 4. The summed E-state index contributed by atoms with van der Waals surface area (Å²) in [6, 6.07) is 4.83. The number of hydrogen-bond acceptors (Lipinski definition) is 6. The molecule has 3 aromatic rings. The van der Waals surface area contributed by atoms with Gasteiger partial charge in [0, 0.05) is 49.7 Å². The van der Waals surface area contributed by atoms with Crippen molar-refractivity contribution in [3.05, 3.63) is 69.4 Å². The van der Waals surface area contributed by atoms with Gasteiger partial charge < -0.3 is 19.5 Å². The summed E-state index contributed by atoms with van der Waals surface area (Å²) in [4.78, 5) is 38.3. The third kappa shape index (κ3) is 5.28. The summed E-state index contributed by atoms with van der Waals surface area (Å²) in [5.74, 6) is 0.607. The van der Waals surface area contributed by atoms with Gasteiger partial charge in [-0.1, -0.05) is 6.07 Å². The number of aromatic nitrogens is 4. The SMILES string of the molecule is Cc1nc(N2CCOCC2)[nH]c(=O)c1CCC(=O)NCc1ccc(-n2ccnc2C)c(F)c1. The van der Waals surface area contributed by atoms with Crippen LogP contribution in [0.15, 0.2) is 35.4 Å². The molecule has 174 valence electrons. The number of nitrogens with one attached hydrogen (secondary N) is 2. The second kappa shape index (κ2) is 9.95. The quantitative estimate of drug-likeness (QED) is 0.564. The number of aryl methyl sites for hydroxylation is 2. The number of halogens is 1. The second-order valence-corrected chi connectivity index (χ2v) is 7.96. The monoisotopic (exact) mass is 454 g/mol. The Balaban J connectivity index is 1.33. The predicted octanol–water partition coefficient (Wildman–Crippen LogP) is 1.80. The van der Waals surface area contributed by atoms with Crippen LogP contribution in [-0.2, 0) is 22.5 Å². The topological polar surface area (TPSA) is 105 Å². The molecule has 1 aromatic carbocycles. The number of carbonyl (C=O) groups excluding carboxylic acids is 1. The first kappa shape index (κ1) is 22.7. The molecule has 1 amide bonds. The average molecular weight is 455 g/mol. The van der Waals surface area contributed by atoms with Crippen LogP contribution in [0, 0.1) is 19.7 Å². The third-order valence-corrected chi connectivity index (χ3v) is 5.71. The first-order valence-electron chi connectivity index (χ1n) is 10.9. The van der Waals surface area contributed by atoms with Crippen LogP contribution >= 0.6 is 0 Å². The number of rotatable bonds is 7. The number of hydrogen-bond donors (Lipinski definition) is 2. The molecule has 1 aliphatic heterocycles. The number of anilines is 1. The van der Waals surface area contributed by atoms with Crippen LogP contribution in [0.25, 0.3) is 5.69 Å². The van der Waals surface area contributed by atoms with Crippen LogP contribution in [0.4, 0.5) is 10.3 Å². The van der Waals surface area contributed by atoms with E-state index in [1.807, 2.05) is 4.90 Å². The van der Waals surface area contributed by atoms with Crippen molar-refractivity contribution in [2.45, 2.75) is 33.2 Å². The Morgan fingerprint density at radius 1 is 1.27 bits per heavy atom. The molecule has 1 fully saturated rings. The number of H-pyrrole nitrogens is 1. The van der Waals surface area contributed by atoms with Crippen LogP contribution in [0.5, 0.6) is 0 Å².